The van der Waals surface area contributed by atoms with E-state index < -0.39 is 23.8 Å². The molecule has 0 N–H and O–H groups in total. The number of ether oxygens (including phenoxy) is 4. The van der Waals surface area contributed by atoms with Crippen LogP contribution in [0.2, 0.25) is 0 Å². The van der Waals surface area contributed by atoms with Gasteiger partial charge in [-0.15, -0.1) is 0 Å². The molecule has 3 aromatic rings. The van der Waals surface area contributed by atoms with Gasteiger partial charge in [0.05, 0.1) is 42.2 Å². The maximum Gasteiger partial charge on any atom is 0.344 e. The maximum atomic E-state index is 13.7. The number of hydrogen-bond acceptors (Lipinski definition) is 9. The monoisotopic (exact) mass is 554 g/mol. The molecule has 0 spiro atoms. The summed E-state index contributed by atoms with van der Waals surface area (Å²) in [6.45, 7) is 5.21. The van der Waals surface area contributed by atoms with Crippen LogP contribution in [0, 0.1) is 5.82 Å². The molecule has 39 heavy (non-hydrogen) atoms. The van der Waals surface area contributed by atoms with Crippen LogP contribution in [0.4, 0.5) is 4.39 Å². The van der Waals surface area contributed by atoms with Gasteiger partial charge in [0.2, 0.25) is 0 Å². The predicted molar refractivity (Wildman–Crippen MR) is 142 cm³/mol. The first-order valence-electron chi connectivity index (χ1n) is 12.2. The number of hydrogen-bond donors (Lipinski definition) is 0. The smallest absolute Gasteiger partial charge is 0.344 e. The molecular formula is C28H27FN2O7S. The first-order chi connectivity index (χ1) is 18.8. The lowest BCUT2D eigenvalue weighted by Crippen LogP contribution is -2.39. The standard InChI is InChI=1S/C28H27FN2O7S/c1-5-36-23(32)15-38-20-12-7-17(13-21(20)35-4)14-22-26(33)31-25(18-8-10-19(29)11-9-18)24(27(34)37-6-2)16(3)30-28(31)39-22/h7-14,25H,5-6,15H2,1-4H3/b22-14-/t25-/m1/s1. The minimum absolute atomic E-state index is 0.150. The average molecular weight is 555 g/mol. The van der Waals surface area contributed by atoms with Crippen molar-refractivity contribution in [2.75, 3.05) is 26.9 Å². The van der Waals surface area contributed by atoms with Gasteiger partial charge in [0.1, 0.15) is 5.82 Å². The lowest BCUT2D eigenvalue weighted by molar-refractivity contribution is -0.145. The van der Waals surface area contributed by atoms with E-state index in [9.17, 15) is 18.8 Å². The number of methoxy groups -OCH3 is 1. The molecule has 0 saturated carbocycles. The fourth-order valence-corrected chi connectivity index (χ4v) is 5.18. The number of esters is 2. The van der Waals surface area contributed by atoms with Gasteiger partial charge in [-0.1, -0.05) is 29.5 Å². The van der Waals surface area contributed by atoms with Crippen LogP contribution in [-0.2, 0) is 19.1 Å². The highest BCUT2D eigenvalue weighted by atomic mass is 32.1. The van der Waals surface area contributed by atoms with Crippen molar-refractivity contribution in [3.8, 4) is 11.5 Å². The summed E-state index contributed by atoms with van der Waals surface area (Å²) in [6.07, 6.45) is 1.67. The van der Waals surface area contributed by atoms with Crippen LogP contribution >= 0.6 is 11.3 Å². The topological polar surface area (TPSA) is 105 Å². The lowest BCUT2D eigenvalue weighted by atomic mass is 9.96. The third-order valence-electron chi connectivity index (χ3n) is 5.84. The summed E-state index contributed by atoms with van der Waals surface area (Å²) >= 11 is 1.16. The van der Waals surface area contributed by atoms with E-state index in [1.807, 2.05) is 0 Å². The number of carbonyl (C=O) groups excluding carboxylic acids is 2. The third-order valence-corrected chi connectivity index (χ3v) is 6.82. The van der Waals surface area contributed by atoms with Crippen molar-refractivity contribution in [2.45, 2.75) is 26.8 Å². The predicted octanol–water partition coefficient (Wildman–Crippen LogP) is 2.89. The Morgan fingerprint density at radius 3 is 2.46 bits per heavy atom. The first-order valence-corrected chi connectivity index (χ1v) is 13.0. The zero-order valence-electron chi connectivity index (χ0n) is 21.9. The van der Waals surface area contributed by atoms with Gasteiger partial charge in [-0.25, -0.2) is 19.0 Å². The molecule has 2 heterocycles. The van der Waals surface area contributed by atoms with Crippen molar-refractivity contribution in [1.82, 2.24) is 4.57 Å². The Morgan fingerprint density at radius 2 is 1.79 bits per heavy atom. The zero-order valence-corrected chi connectivity index (χ0v) is 22.7. The van der Waals surface area contributed by atoms with Crippen molar-refractivity contribution >= 4 is 29.4 Å². The Kier molecular flexibility index (Phi) is 8.60. The number of aromatic nitrogens is 1. The minimum Gasteiger partial charge on any atom is -0.493 e. The van der Waals surface area contributed by atoms with Gasteiger partial charge in [-0.05, 0) is 62.2 Å². The second-order valence-corrected chi connectivity index (χ2v) is 9.37. The average Bonchev–Trinajstić information content (AvgIpc) is 3.21. The number of rotatable bonds is 9. The van der Waals surface area contributed by atoms with E-state index in [0.717, 1.165) is 11.3 Å². The van der Waals surface area contributed by atoms with Gasteiger partial charge in [0, 0.05) is 0 Å². The van der Waals surface area contributed by atoms with Crippen molar-refractivity contribution < 1.29 is 32.9 Å². The number of nitrogens with zero attached hydrogens (tertiary/aromatic N) is 2. The second-order valence-electron chi connectivity index (χ2n) is 8.36. The SMILES string of the molecule is CCOC(=O)COc1ccc(/C=c2\sc3n(c2=O)[C@H](c2ccc(F)cc2)C(C(=O)OCC)=C(C)N=3)cc1OC. The Bertz CT molecular complexity index is 1610. The van der Waals surface area contributed by atoms with Crippen LogP contribution in [0.15, 0.2) is 63.5 Å². The molecular weight excluding hydrogens is 527 g/mol. The van der Waals surface area contributed by atoms with E-state index >= 15 is 0 Å². The summed E-state index contributed by atoms with van der Waals surface area (Å²) < 4.78 is 36.5. The summed E-state index contributed by atoms with van der Waals surface area (Å²) in [5, 5.41) is 0. The van der Waals surface area contributed by atoms with Gasteiger partial charge in [-0.3, -0.25) is 9.36 Å². The Labute approximate surface area is 227 Å². The fraction of sp³-hybridized carbons (Fsp3) is 0.286. The van der Waals surface area contributed by atoms with Crippen molar-refractivity contribution in [2.24, 2.45) is 4.99 Å². The lowest BCUT2D eigenvalue weighted by Gasteiger charge is -2.24. The molecule has 1 aliphatic rings. The van der Waals surface area contributed by atoms with Crippen molar-refractivity contribution in [1.29, 1.82) is 0 Å². The van der Waals surface area contributed by atoms with E-state index in [0.29, 0.717) is 37.7 Å². The molecule has 1 aliphatic heterocycles. The highest BCUT2D eigenvalue weighted by molar-refractivity contribution is 7.07. The fourth-order valence-electron chi connectivity index (χ4n) is 4.14. The Balaban J connectivity index is 1.78. The second kappa shape index (κ2) is 12.1. The van der Waals surface area contributed by atoms with Crippen LogP contribution in [0.3, 0.4) is 0 Å². The first kappa shape index (κ1) is 27.8. The number of allylic oxidation sites excluding steroid dienone is 1. The largest absolute Gasteiger partial charge is 0.493 e. The van der Waals surface area contributed by atoms with Gasteiger partial charge < -0.3 is 18.9 Å². The van der Waals surface area contributed by atoms with Crippen LogP contribution in [-0.4, -0.2) is 43.4 Å². The molecule has 0 saturated heterocycles. The van der Waals surface area contributed by atoms with E-state index in [1.54, 1.807) is 45.0 Å². The Hall–Kier alpha value is -4.25. The quantitative estimate of drug-likeness (QED) is 0.375. The molecule has 204 valence electrons. The van der Waals surface area contributed by atoms with E-state index in [2.05, 4.69) is 4.99 Å². The molecule has 2 aromatic carbocycles. The highest BCUT2D eigenvalue weighted by Crippen LogP contribution is 2.31. The highest BCUT2D eigenvalue weighted by Gasteiger charge is 2.33. The molecule has 0 bridgehead atoms. The number of thiazole rings is 1. The summed E-state index contributed by atoms with van der Waals surface area (Å²) in [5.41, 5.74) is 1.45. The summed E-state index contributed by atoms with van der Waals surface area (Å²) in [5.74, 6) is -0.822. The third kappa shape index (κ3) is 5.93. The van der Waals surface area contributed by atoms with Gasteiger partial charge in [0.15, 0.2) is 22.9 Å². The number of fused-ring (bicyclic) bond motifs is 1. The van der Waals surface area contributed by atoms with Gasteiger partial charge in [0.25, 0.3) is 5.56 Å². The molecule has 1 aromatic heterocycles. The summed E-state index contributed by atoms with van der Waals surface area (Å²) in [6, 6.07) is 9.81. The van der Waals surface area contributed by atoms with Crippen LogP contribution in [0.5, 0.6) is 11.5 Å². The molecule has 0 amide bonds. The summed E-state index contributed by atoms with van der Waals surface area (Å²) in [7, 11) is 1.46. The van der Waals surface area contributed by atoms with Crippen molar-refractivity contribution in [3.63, 3.8) is 0 Å². The molecule has 0 aliphatic carbocycles. The van der Waals surface area contributed by atoms with Gasteiger partial charge >= 0.3 is 11.9 Å². The van der Waals surface area contributed by atoms with Gasteiger partial charge in [-0.2, -0.15) is 0 Å². The molecule has 4 rings (SSSR count). The molecule has 0 radical (unpaired) electrons. The zero-order chi connectivity index (χ0) is 28.1. The van der Waals surface area contributed by atoms with E-state index in [-0.39, 0.29) is 31.0 Å². The molecule has 0 unspecified atom stereocenters. The van der Waals surface area contributed by atoms with E-state index in [4.69, 9.17) is 18.9 Å². The normalized spacial score (nSPS) is 14.9. The molecule has 0 fully saturated rings. The van der Waals surface area contributed by atoms with Crippen LogP contribution < -0.4 is 24.4 Å². The van der Waals surface area contributed by atoms with Crippen LogP contribution in [0.25, 0.3) is 6.08 Å². The van der Waals surface area contributed by atoms with E-state index in [1.165, 1.54) is 35.9 Å². The molecule has 11 heteroatoms. The Morgan fingerprint density at radius 1 is 1.08 bits per heavy atom. The van der Waals surface area contributed by atoms with Crippen molar-refractivity contribution in [3.05, 3.63) is 90.4 Å². The number of halogens is 1. The maximum absolute atomic E-state index is 13.7. The molecule has 1 atom stereocenters. The minimum atomic E-state index is -0.837. The van der Waals surface area contributed by atoms with Crippen LogP contribution in [0.1, 0.15) is 37.9 Å². The summed E-state index contributed by atoms with van der Waals surface area (Å²) in [4.78, 5) is 43.2. The number of carbonyl (C=O) groups is 2. The molecule has 9 nitrogen and oxygen atoms in total. The number of benzene rings is 2.